The predicted octanol–water partition coefficient (Wildman–Crippen LogP) is 4.37. The quantitative estimate of drug-likeness (QED) is 0.691. The SMILES string of the molecule is C[C@H]1CC(=O)Nc2ccccc2N1C(=O)COc1ccc(-c2ccc(C#N)cc2)cc1. The maximum atomic E-state index is 13.0. The van der Waals surface area contributed by atoms with E-state index in [1.165, 1.54) is 0 Å². The number of nitrogens with zero attached hydrogens (tertiary/aromatic N) is 2. The van der Waals surface area contributed by atoms with Crippen molar-refractivity contribution in [2.75, 3.05) is 16.8 Å². The van der Waals surface area contributed by atoms with Crippen LogP contribution in [0.25, 0.3) is 11.1 Å². The first-order valence-corrected chi connectivity index (χ1v) is 9.99. The average Bonchev–Trinajstić information content (AvgIpc) is 2.92. The van der Waals surface area contributed by atoms with E-state index in [0.717, 1.165) is 11.1 Å². The van der Waals surface area contributed by atoms with Crippen molar-refractivity contribution in [3.63, 3.8) is 0 Å². The molecule has 154 valence electrons. The third kappa shape index (κ3) is 4.41. The summed E-state index contributed by atoms with van der Waals surface area (Å²) in [6.45, 7) is 1.72. The topological polar surface area (TPSA) is 82.4 Å². The van der Waals surface area contributed by atoms with Crippen LogP contribution in [0.3, 0.4) is 0 Å². The van der Waals surface area contributed by atoms with Crippen LogP contribution in [0.2, 0.25) is 0 Å². The Balaban J connectivity index is 1.46. The number of benzene rings is 3. The van der Waals surface area contributed by atoms with Gasteiger partial charge in [-0.25, -0.2) is 0 Å². The molecule has 1 aliphatic rings. The minimum atomic E-state index is -0.279. The molecule has 1 heterocycles. The highest BCUT2D eigenvalue weighted by Crippen LogP contribution is 2.31. The molecule has 6 heteroatoms. The van der Waals surface area contributed by atoms with Crippen molar-refractivity contribution >= 4 is 23.2 Å². The van der Waals surface area contributed by atoms with Gasteiger partial charge in [-0.15, -0.1) is 0 Å². The lowest BCUT2D eigenvalue weighted by Gasteiger charge is -2.27. The van der Waals surface area contributed by atoms with Gasteiger partial charge in [0.25, 0.3) is 5.91 Å². The molecule has 0 bridgehead atoms. The van der Waals surface area contributed by atoms with E-state index in [9.17, 15) is 9.59 Å². The van der Waals surface area contributed by atoms with Gasteiger partial charge in [0.2, 0.25) is 5.91 Å². The van der Waals surface area contributed by atoms with E-state index >= 15 is 0 Å². The Hall–Kier alpha value is -4.11. The van der Waals surface area contributed by atoms with E-state index in [-0.39, 0.29) is 30.9 Å². The van der Waals surface area contributed by atoms with Crippen LogP contribution < -0.4 is 15.0 Å². The molecule has 0 aliphatic carbocycles. The van der Waals surface area contributed by atoms with Crippen LogP contribution in [0.4, 0.5) is 11.4 Å². The number of anilines is 2. The van der Waals surface area contributed by atoms with Gasteiger partial charge in [0.1, 0.15) is 5.75 Å². The first-order valence-electron chi connectivity index (χ1n) is 9.99. The summed E-state index contributed by atoms with van der Waals surface area (Å²) in [5, 5.41) is 11.8. The van der Waals surface area contributed by atoms with Crippen LogP contribution >= 0.6 is 0 Å². The number of hydrogen-bond donors (Lipinski definition) is 1. The van der Waals surface area contributed by atoms with Crippen molar-refractivity contribution in [2.24, 2.45) is 0 Å². The number of rotatable bonds is 4. The number of hydrogen-bond acceptors (Lipinski definition) is 4. The van der Waals surface area contributed by atoms with Crippen LogP contribution in [0.15, 0.2) is 72.8 Å². The summed E-state index contributed by atoms with van der Waals surface area (Å²) in [7, 11) is 0. The molecule has 1 N–H and O–H groups in total. The molecule has 0 saturated heterocycles. The summed E-state index contributed by atoms with van der Waals surface area (Å²) in [6, 6.07) is 23.9. The fourth-order valence-electron chi connectivity index (χ4n) is 3.66. The fraction of sp³-hybridized carbons (Fsp3) is 0.160. The zero-order valence-electron chi connectivity index (χ0n) is 17.0. The summed E-state index contributed by atoms with van der Waals surface area (Å²) in [5.74, 6) is 0.248. The predicted molar refractivity (Wildman–Crippen MR) is 119 cm³/mol. The lowest BCUT2D eigenvalue weighted by Crippen LogP contribution is -2.41. The van der Waals surface area contributed by atoms with E-state index in [1.54, 1.807) is 23.1 Å². The van der Waals surface area contributed by atoms with Gasteiger partial charge in [0.05, 0.1) is 23.0 Å². The standard InChI is InChI=1S/C25H21N3O3/c1-17-14-24(29)27-22-4-2-3-5-23(22)28(17)25(30)16-31-21-12-10-20(11-13-21)19-8-6-18(15-26)7-9-19/h2-13,17H,14,16H2,1H3,(H,27,29)/t17-/m0/s1. The van der Waals surface area contributed by atoms with Crippen molar-refractivity contribution < 1.29 is 14.3 Å². The first-order chi connectivity index (χ1) is 15.0. The molecule has 4 rings (SSSR count). The van der Waals surface area contributed by atoms with Gasteiger partial charge in [0.15, 0.2) is 6.61 Å². The Morgan fingerprint density at radius 1 is 1.06 bits per heavy atom. The van der Waals surface area contributed by atoms with Crippen LogP contribution in [0, 0.1) is 11.3 Å². The number of carbonyl (C=O) groups excluding carboxylic acids is 2. The Morgan fingerprint density at radius 2 is 1.71 bits per heavy atom. The highest BCUT2D eigenvalue weighted by atomic mass is 16.5. The second-order valence-corrected chi connectivity index (χ2v) is 7.38. The van der Waals surface area contributed by atoms with Gasteiger partial charge in [-0.1, -0.05) is 36.4 Å². The Bertz CT molecular complexity index is 1150. The molecule has 0 aromatic heterocycles. The monoisotopic (exact) mass is 411 g/mol. The van der Waals surface area contributed by atoms with Crippen LogP contribution in [-0.4, -0.2) is 24.5 Å². The maximum absolute atomic E-state index is 13.0. The Morgan fingerprint density at radius 3 is 2.39 bits per heavy atom. The molecule has 0 unspecified atom stereocenters. The molecule has 0 radical (unpaired) electrons. The molecule has 0 saturated carbocycles. The van der Waals surface area contributed by atoms with Crippen LogP contribution in [0.1, 0.15) is 18.9 Å². The highest BCUT2D eigenvalue weighted by Gasteiger charge is 2.29. The fourth-order valence-corrected chi connectivity index (χ4v) is 3.66. The number of nitriles is 1. The van der Waals surface area contributed by atoms with Crippen LogP contribution in [-0.2, 0) is 9.59 Å². The third-order valence-corrected chi connectivity index (χ3v) is 5.19. The normalized spacial score (nSPS) is 15.3. The average molecular weight is 411 g/mol. The second-order valence-electron chi connectivity index (χ2n) is 7.38. The summed E-state index contributed by atoms with van der Waals surface area (Å²) in [5.41, 5.74) is 3.89. The minimum absolute atomic E-state index is 0.116. The van der Waals surface area contributed by atoms with Gasteiger partial charge in [-0.05, 0) is 54.4 Å². The summed E-state index contributed by atoms with van der Waals surface area (Å²) in [4.78, 5) is 26.7. The van der Waals surface area contributed by atoms with Gasteiger partial charge in [0, 0.05) is 12.5 Å². The number of carbonyl (C=O) groups is 2. The van der Waals surface area contributed by atoms with Crippen molar-refractivity contribution in [1.29, 1.82) is 5.26 Å². The highest BCUT2D eigenvalue weighted by molar-refractivity contribution is 6.04. The number of ether oxygens (including phenoxy) is 1. The zero-order chi connectivity index (χ0) is 21.8. The Kier molecular flexibility index (Phi) is 5.67. The summed E-state index contributed by atoms with van der Waals surface area (Å²) in [6.07, 6.45) is 0.222. The second kappa shape index (κ2) is 8.72. The summed E-state index contributed by atoms with van der Waals surface area (Å²) >= 11 is 0. The van der Waals surface area contributed by atoms with Gasteiger partial charge in [-0.2, -0.15) is 5.26 Å². The minimum Gasteiger partial charge on any atom is -0.484 e. The number of fused-ring (bicyclic) bond motifs is 1. The number of amides is 2. The van der Waals surface area contributed by atoms with E-state index in [1.807, 2.05) is 61.5 Å². The van der Waals surface area contributed by atoms with Crippen LogP contribution in [0.5, 0.6) is 5.75 Å². The first kappa shape index (κ1) is 20.2. The van der Waals surface area contributed by atoms with Gasteiger partial charge >= 0.3 is 0 Å². The molecule has 6 nitrogen and oxygen atoms in total. The zero-order valence-corrected chi connectivity index (χ0v) is 17.0. The van der Waals surface area contributed by atoms with Crippen molar-refractivity contribution in [1.82, 2.24) is 0 Å². The smallest absolute Gasteiger partial charge is 0.265 e. The molecular formula is C25H21N3O3. The lowest BCUT2D eigenvalue weighted by atomic mass is 10.0. The van der Waals surface area contributed by atoms with E-state index in [2.05, 4.69) is 11.4 Å². The maximum Gasteiger partial charge on any atom is 0.265 e. The van der Waals surface area contributed by atoms with E-state index in [4.69, 9.17) is 10.00 Å². The lowest BCUT2D eigenvalue weighted by molar-refractivity contribution is -0.121. The van der Waals surface area contributed by atoms with Crippen molar-refractivity contribution in [3.05, 3.63) is 78.4 Å². The van der Waals surface area contributed by atoms with E-state index < -0.39 is 0 Å². The molecule has 0 spiro atoms. The molecule has 0 fully saturated rings. The number of nitrogens with one attached hydrogen (secondary N) is 1. The largest absolute Gasteiger partial charge is 0.484 e. The molecule has 3 aromatic rings. The third-order valence-electron chi connectivity index (χ3n) is 5.19. The molecule has 3 aromatic carbocycles. The molecular weight excluding hydrogens is 390 g/mol. The summed E-state index contributed by atoms with van der Waals surface area (Å²) < 4.78 is 5.74. The van der Waals surface area contributed by atoms with Gasteiger partial charge in [-0.3, -0.25) is 9.59 Å². The van der Waals surface area contributed by atoms with Crippen molar-refractivity contribution in [2.45, 2.75) is 19.4 Å². The molecule has 1 atom stereocenters. The van der Waals surface area contributed by atoms with E-state index in [0.29, 0.717) is 22.7 Å². The van der Waals surface area contributed by atoms with Gasteiger partial charge < -0.3 is 15.0 Å². The number of para-hydroxylation sites is 2. The molecule has 31 heavy (non-hydrogen) atoms. The molecule has 1 aliphatic heterocycles. The molecule has 2 amide bonds. The Labute approximate surface area is 180 Å². The van der Waals surface area contributed by atoms with Crippen molar-refractivity contribution in [3.8, 4) is 22.9 Å².